The SMILES string of the molecule is O=C(/C=C/c1ccc(F)cc1)NC[C@H](c1ccco1)N1CCCC1. The van der Waals surface area contributed by atoms with E-state index >= 15 is 0 Å². The van der Waals surface area contributed by atoms with Crippen LogP contribution in [-0.2, 0) is 4.79 Å². The smallest absolute Gasteiger partial charge is 0.244 e. The van der Waals surface area contributed by atoms with Crippen LogP contribution in [0.2, 0.25) is 0 Å². The molecule has 0 spiro atoms. The Hall–Kier alpha value is -2.40. The largest absolute Gasteiger partial charge is 0.468 e. The Kier molecular flexibility index (Phi) is 5.43. The van der Waals surface area contributed by atoms with Crippen LogP contribution in [-0.4, -0.2) is 30.4 Å². The third-order valence-corrected chi connectivity index (χ3v) is 4.22. The Labute approximate surface area is 141 Å². The number of benzene rings is 1. The third kappa shape index (κ3) is 4.32. The van der Waals surface area contributed by atoms with Crippen LogP contribution in [0, 0.1) is 5.82 Å². The third-order valence-electron chi connectivity index (χ3n) is 4.22. The number of amides is 1. The molecule has 126 valence electrons. The fourth-order valence-electron chi connectivity index (χ4n) is 2.95. The second-order valence-corrected chi connectivity index (χ2v) is 5.90. The molecule has 1 atom stereocenters. The number of halogens is 1. The Morgan fingerprint density at radius 1 is 1.25 bits per heavy atom. The second kappa shape index (κ2) is 7.93. The number of nitrogens with zero attached hydrogens (tertiary/aromatic N) is 1. The molecular formula is C19H21FN2O2. The summed E-state index contributed by atoms with van der Waals surface area (Å²) in [5.41, 5.74) is 0.786. The van der Waals surface area contributed by atoms with E-state index in [0.29, 0.717) is 6.54 Å². The van der Waals surface area contributed by atoms with E-state index in [0.717, 1.165) is 24.4 Å². The van der Waals surface area contributed by atoms with Crippen LogP contribution in [0.1, 0.15) is 30.2 Å². The first-order valence-electron chi connectivity index (χ1n) is 8.21. The lowest BCUT2D eigenvalue weighted by Gasteiger charge is -2.25. The number of rotatable bonds is 6. The normalized spacial score (nSPS) is 16.5. The molecule has 4 nitrogen and oxygen atoms in total. The summed E-state index contributed by atoms with van der Waals surface area (Å²) in [6, 6.07) is 9.89. The van der Waals surface area contributed by atoms with E-state index in [1.165, 1.54) is 31.1 Å². The van der Waals surface area contributed by atoms with Gasteiger partial charge >= 0.3 is 0 Å². The number of furan rings is 1. The first kappa shape index (κ1) is 16.5. The standard InChI is InChI=1S/C19H21FN2O2/c20-16-8-5-15(6-9-16)7-10-19(23)21-14-17(18-4-3-13-24-18)22-11-1-2-12-22/h3-10,13,17H,1-2,11-12,14H2,(H,21,23)/b10-7+/t17-/m1/s1. The molecule has 24 heavy (non-hydrogen) atoms. The van der Waals surface area contributed by atoms with E-state index in [1.54, 1.807) is 24.5 Å². The molecule has 0 aliphatic carbocycles. The maximum atomic E-state index is 12.9. The van der Waals surface area contributed by atoms with Crippen LogP contribution in [0.5, 0.6) is 0 Å². The summed E-state index contributed by atoms with van der Waals surface area (Å²) in [5, 5.41) is 2.93. The highest BCUT2D eigenvalue weighted by atomic mass is 19.1. The minimum Gasteiger partial charge on any atom is -0.468 e. The van der Waals surface area contributed by atoms with Crippen LogP contribution in [0.15, 0.2) is 53.2 Å². The maximum absolute atomic E-state index is 12.9. The molecule has 0 bridgehead atoms. The van der Waals surface area contributed by atoms with Gasteiger partial charge in [-0.05, 0) is 61.8 Å². The first-order chi connectivity index (χ1) is 11.7. The minimum absolute atomic E-state index is 0.0608. The van der Waals surface area contributed by atoms with E-state index < -0.39 is 0 Å². The monoisotopic (exact) mass is 328 g/mol. The van der Waals surface area contributed by atoms with Gasteiger partial charge in [-0.25, -0.2) is 4.39 Å². The molecule has 1 saturated heterocycles. The van der Waals surface area contributed by atoms with Crippen molar-refractivity contribution in [1.29, 1.82) is 0 Å². The van der Waals surface area contributed by atoms with Crippen molar-refractivity contribution in [3.05, 3.63) is 65.9 Å². The summed E-state index contributed by atoms with van der Waals surface area (Å²) < 4.78 is 18.4. The zero-order chi connectivity index (χ0) is 16.8. The highest BCUT2D eigenvalue weighted by Crippen LogP contribution is 2.24. The number of carbonyl (C=O) groups excluding carboxylic acids is 1. The van der Waals surface area contributed by atoms with Crippen LogP contribution in [0.25, 0.3) is 6.08 Å². The number of nitrogens with one attached hydrogen (secondary N) is 1. The number of hydrogen-bond acceptors (Lipinski definition) is 3. The summed E-state index contributed by atoms with van der Waals surface area (Å²) in [6.45, 7) is 2.54. The van der Waals surface area contributed by atoms with Crippen LogP contribution in [0.3, 0.4) is 0 Å². The van der Waals surface area contributed by atoms with Crippen molar-refractivity contribution >= 4 is 12.0 Å². The first-order valence-corrected chi connectivity index (χ1v) is 8.21. The quantitative estimate of drug-likeness (QED) is 0.827. The molecule has 1 aromatic heterocycles. The molecule has 2 heterocycles. The minimum atomic E-state index is -0.288. The van der Waals surface area contributed by atoms with E-state index in [4.69, 9.17) is 4.42 Å². The predicted octanol–water partition coefficient (Wildman–Crippen LogP) is 3.39. The van der Waals surface area contributed by atoms with Crippen LogP contribution in [0.4, 0.5) is 4.39 Å². The molecule has 0 unspecified atom stereocenters. The fourth-order valence-corrected chi connectivity index (χ4v) is 2.95. The van der Waals surface area contributed by atoms with Crippen molar-refractivity contribution in [3.63, 3.8) is 0 Å². The lowest BCUT2D eigenvalue weighted by Crippen LogP contribution is -2.36. The van der Waals surface area contributed by atoms with Gasteiger partial charge in [0.25, 0.3) is 0 Å². The van der Waals surface area contributed by atoms with Gasteiger partial charge in [-0.2, -0.15) is 0 Å². The van der Waals surface area contributed by atoms with Gasteiger partial charge in [0.1, 0.15) is 11.6 Å². The van der Waals surface area contributed by atoms with E-state index in [-0.39, 0.29) is 17.8 Å². The van der Waals surface area contributed by atoms with Crippen molar-refractivity contribution in [3.8, 4) is 0 Å². The topological polar surface area (TPSA) is 45.5 Å². The summed E-state index contributed by atoms with van der Waals surface area (Å²) in [5.74, 6) is 0.415. The molecule has 1 aromatic carbocycles. The molecule has 3 rings (SSSR count). The summed E-state index contributed by atoms with van der Waals surface area (Å²) >= 11 is 0. The summed E-state index contributed by atoms with van der Waals surface area (Å²) in [4.78, 5) is 14.4. The van der Waals surface area contributed by atoms with Crippen LogP contribution >= 0.6 is 0 Å². The molecule has 2 aromatic rings. The van der Waals surface area contributed by atoms with Gasteiger partial charge in [0.15, 0.2) is 0 Å². The summed E-state index contributed by atoms with van der Waals surface area (Å²) in [7, 11) is 0. The van der Waals surface area contributed by atoms with Gasteiger partial charge in [-0.15, -0.1) is 0 Å². The number of carbonyl (C=O) groups is 1. The van der Waals surface area contributed by atoms with Crippen molar-refractivity contribution in [2.75, 3.05) is 19.6 Å². The van der Waals surface area contributed by atoms with Crippen molar-refractivity contribution in [2.24, 2.45) is 0 Å². The predicted molar refractivity (Wildman–Crippen MR) is 90.7 cm³/mol. The zero-order valence-corrected chi connectivity index (χ0v) is 13.5. The molecule has 5 heteroatoms. The van der Waals surface area contributed by atoms with E-state index in [1.807, 2.05) is 12.1 Å². The lowest BCUT2D eigenvalue weighted by atomic mass is 10.2. The Morgan fingerprint density at radius 2 is 2.00 bits per heavy atom. The average molecular weight is 328 g/mol. The molecular weight excluding hydrogens is 307 g/mol. The zero-order valence-electron chi connectivity index (χ0n) is 13.5. The average Bonchev–Trinajstić information content (AvgIpc) is 3.29. The van der Waals surface area contributed by atoms with Gasteiger partial charge < -0.3 is 9.73 Å². The maximum Gasteiger partial charge on any atom is 0.244 e. The Bertz CT molecular complexity index is 674. The molecule has 1 aliphatic rings. The van der Waals surface area contributed by atoms with Gasteiger partial charge in [-0.1, -0.05) is 12.1 Å². The van der Waals surface area contributed by atoms with E-state index in [2.05, 4.69) is 10.2 Å². The fraction of sp³-hybridized carbons (Fsp3) is 0.316. The van der Waals surface area contributed by atoms with Crippen LogP contribution < -0.4 is 5.32 Å². The van der Waals surface area contributed by atoms with Crippen molar-refractivity contribution < 1.29 is 13.6 Å². The van der Waals surface area contributed by atoms with E-state index in [9.17, 15) is 9.18 Å². The molecule has 1 fully saturated rings. The molecule has 1 amide bonds. The molecule has 1 aliphatic heterocycles. The van der Waals surface area contributed by atoms with Gasteiger partial charge in [0.05, 0.1) is 12.3 Å². The highest BCUT2D eigenvalue weighted by molar-refractivity contribution is 5.91. The number of likely N-dealkylation sites (tertiary alicyclic amines) is 1. The Morgan fingerprint density at radius 3 is 2.67 bits per heavy atom. The molecule has 1 N–H and O–H groups in total. The lowest BCUT2D eigenvalue weighted by molar-refractivity contribution is -0.116. The van der Waals surface area contributed by atoms with Crippen molar-refractivity contribution in [2.45, 2.75) is 18.9 Å². The van der Waals surface area contributed by atoms with Gasteiger partial charge in [0.2, 0.25) is 5.91 Å². The highest BCUT2D eigenvalue weighted by Gasteiger charge is 2.25. The van der Waals surface area contributed by atoms with Gasteiger partial charge in [0, 0.05) is 12.6 Å². The number of hydrogen-bond donors (Lipinski definition) is 1. The van der Waals surface area contributed by atoms with Crippen molar-refractivity contribution in [1.82, 2.24) is 10.2 Å². The van der Waals surface area contributed by atoms with Gasteiger partial charge in [-0.3, -0.25) is 9.69 Å². The molecule has 0 radical (unpaired) electrons. The second-order valence-electron chi connectivity index (χ2n) is 5.90. The summed E-state index contributed by atoms with van der Waals surface area (Å²) in [6.07, 6.45) is 7.16. The Balaban J connectivity index is 1.57. The molecule has 0 saturated carbocycles.